The lowest BCUT2D eigenvalue weighted by Crippen LogP contribution is -2.36. The first-order valence-corrected chi connectivity index (χ1v) is 8.57. The van der Waals surface area contributed by atoms with E-state index in [0.29, 0.717) is 23.3 Å². The van der Waals surface area contributed by atoms with Crippen LogP contribution in [0.4, 0.5) is 5.69 Å². The first-order valence-electron chi connectivity index (χ1n) is 8.57. The van der Waals surface area contributed by atoms with Crippen LogP contribution in [-0.4, -0.2) is 17.3 Å². The number of ether oxygens (including phenoxy) is 1. The highest BCUT2D eigenvalue weighted by molar-refractivity contribution is 6.08. The quantitative estimate of drug-likeness (QED) is 0.893. The monoisotopic (exact) mass is 337 g/mol. The Morgan fingerprint density at radius 2 is 2.00 bits per heavy atom. The molecule has 2 aromatic carbocycles. The molecule has 1 N–H and O–H groups in total. The maximum atomic E-state index is 12.7. The molecule has 2 aromatic rings. The summed E-state index contributed by atoms with van der Waals surface area (Å²) in [5.41, 5.74) is 3.38. The van der Waals surface area contributed by atoms with Gasteiger partial charge in [0.2, 0.25) is 0 Å². The van der Waals surface area contributed by atoms with E-state index >= 15 is 0 Å². The number of para-hydroxylation sites is 1. The summed E-state index contributed by atoms with van der Waals surface area (Å²) in [6.45, 7) is 7.81. The number of ketones is 1. The Labute approximate surface area is 148 Å². The topological polar surface area (TPSA) is 55.4 Å². The van der Waals surface area contributed by atoms with Gasteiger partial charge in [-0.25, -0.2) is 0 Å². The van der Waals surface area contributed by atoms with Crippen LogP contribution in [0.1, 0.15) is 59.0 Å². The molecule has 0 saturated heterocycles. The molecular weight excluding hydrogens is 314 g/mol. The van der Waals surface area contributed by atoms with E-state index < -0.39 is 5.60 Å². The molecule has 4 nitrogen and oxygen atoms in total. The number of carbonyl (C=O) groups excluding carboxylic acids is 2. The summed E-state index contributed by atoms with van der Waals surface area (Å²) in [5, 5.41) is 2.99. The van der Waals surface area contributed by atoms with E-state index in [4.69, 9.17) is 4.74 Å². The van der Waals surface area contributed by atoms with Crippen molar-refractivity contribution in [3.8, 4) is 5.75 Å². The van der Waals surface area contributed by atoms with Gasteiger partial charge in [0.1, 0.15) is 11.4 Å². The van der Waals surface area contributed by atoms with Crippen LogP contribution in [0.5, 0.6) is 5.75 Å². The van der Waals surface area contributed by atoms with E-state index in [-0.39, 0.29) is 11.7 Å². The molecule has 0 fully saturated rings. The molecular formula is C21H23NO3. The third-order valence-electron chi connectivity index (χ3n) is 4.49. The number of carbonyl (C=O) groups is 2. The van der Waals surface area contributed by atoms with Gasteiger partial charge < -0.3 is 10.1 Å². The van der Waals surface area contributed by atoms with Crippen molar-refractivity contribution >= 4 is 17.4 Å². The van der Waals surface area contributed by atoms with Crippen molar-refractivity contribution in [2.75, 3.05) is 5.32 Å². The Kier molecular flexibility index (Phi) is 4.38. The minimum absolute atomic E-state index is 0.00559. The minimum atomic E-state index is -0.509. The maximum absolute atomic E-state index is 12.7. The summed E-state index contributed by atoms with van der Waals surface area (Å²) in [6.07, 6.45) is 1.14. The van der Waals surface area contributed by atoms with Crippen LogP contribution in [0.3, 0.4) is 0 Å². The fourth-order valence-corrected chi connectivity index (χ4v) is 3.18. The van der Waals surface area contributed by atoms with E-state index in [9.17, 15) is 9.59 Å². The predicted molar refractivity (Wildman–Crippen MR) is 98.6 cm³/mol. The van der Waals surface area contributed by atoms with Gasteiger partial charge in [0, 0.05) is 11.3 Å². The number of rotatable bonds is 3. The number of benzene rings is 2. The highest BCUT2D eigenvalue weighted by Gasteiger charge is 2.32. The fourth-order valence-electron chi connectivity index (χ4n) is 3.18. The average molecular weight is 337 g/mol. The van der Waals surface area contributed by atoms with Gasteiger partial charge in [-0.1, -0.05) is 25.1 Å². The first-order chi connectivity index (χ1) is 11.8. The molecule has 3 rings (SSSR count). The second-order valence-electron chi connectivity index (χ2n) is 7.09. The third-order valence-corrected chi connectivity index (χ3v) is 4.49. The number of hydrogen-bond donors (Lipinski definition) is 1. The molecule has 0 radical (unpaired) electrons. The Balaban J connectivity index is 1.90. The average Bonchev–Trinajstić information content (AvgIpc) is 2.55. The molecule has 1 heterocycles. The molecule has 130 valence electrons. The Morgan fingerprint density at radius 3 is 2.72 bits per heavy atom. The molecule has 1 amide bonds. The molecule has 1 aliphatic rings. The highest BCUT2D eigenvalue weighted by Crippen LogP contribution is 2.33. The third kappa shape index (κ3) is 3.43. The molecule has 0 spiro atoms. The zero-order chi connectivity index (χ0) is 18.2. The lowest BCUT2D eigenvalue weighted by Gasteiger charge is -2.31. The SMILES string of the molecule is CCc1cccc(C)c1NC(=O)c1ccc2c(c1)C(=O)CC(C)(C)O2. The normalized spacial score (nSPS) is 15.3. The molecule has 0 atom stereocenters. The molecule has 0 aliphatic carbocycles. The van der Waals surface area contributed by atoms with E-state index in [1.807, 2.05) is 39.0 Å². The lowest BCUT2D eigenvalue weighted by molar-refractivity contribution is 0.0620. The first kappa shape index (κ1) is 17.2. The number of Topliss-reactive ketones (excluding diaryl/α,β-unsaturated/α-hetero) is 1. The number of anilines is 1. The van der Waals surface area contributed by atoms with Crippen molar-refractivity contribution in [1.82, 2.24) is 0 Å². The largest absolute Gasteiger partial charge is 0.487 e. The summed E-state index contributed by atoms with van der Waals surface area (Å²) in [6, 6.07) is 11.0. The van der Waals surface area contributed by atoms with Crippen molar-refractivity contribution in [1.29, 1.82) is 0 Å². The van der Waals surface area contributed by atoms with Gasteiger partial charge in [-0.15, -0.1) is 0 Å². The summed E-state index contributed by atoms with van der Waals surface area (Å²) < 4.78 is 5.85. The van der Waals surface area contributed by atoms with Gasteiger partial charge in [-0.05, 0) is 56.5 Å². The van der Waals surface area contributed by atoms with Gasteiger partial charge in [-0.2, -0.15) is 0 Å². The number of aryl methyl sites for hydroxylation is 2. The number of fused-ring (bicyclic) bond motifs is 1. The van der Waals surface area contributed by atoms with Crippen LogP contribution in [0.25, 0.3) is 0 Å². The van der Waals surface area contributed by atoms with E-state index in [1.165, 1.54) is 0 Å². The van der Waals surface area contributed by atoms with Gasteiger partial charge in [-0.3, -0.25) is 9.59 Å². The van der Waals surface area contributed by atoms with Crippen LogP contribution in [0.15, 0.2) is 36.4 Å². The number of amides is 1. The standard InChI is InChI=1S/C21H23NO3/c1-5-14-8-6-7-13(2)19(14)22-20(24)15-9-10-18-16(11-15)17(23)12-21(3,4)25-18/h6-11H,5,12H2,1-4H3,(H,22,24). The molecule has 4 heteroatoms. The molecule has 25 heavy (non-hydrogen) atoms. The Bertz CT molecular complexity index is 852. The summed E-state index contributed by atoms with van der Waals surface area (Å²) in [5.74, 6) is 0.332. The van der Waals surface area contributed by atoms with Crippen LogP contribution >= 0.6 is 0 Å². The smallest absolute Gasteiger partial charge is 0.255 e. The zero-order valence-electron chi connectivity index (χ0n) is 15.1. The van der Waals surface area contributed by atoms with Gasteiger partial charge in [0.25, 0.3) is 5.91 Å². The van der Waals surface area contributed by atoms with E-state index in [0.717, 1.165) is 23.2 Å². The minimum Gasteiger partial charge on any atom is -0.487 e. The van der Waals surface area contributed by atoms with Crippen molar-refractivity contribution in [3.05, 3.63) is 58.7 Å². The molecule has 0 bridgehead atoms. The molecule has 0 unspecified atom stereocenters. The van der Waals surface area contributed by atoms with E-state index in [1.54, 1.807) is 18.2 Å². The van der Waals surface area contributed by atoms with Crippen molar-refractivity contribution in [2.45, 2.75) is 46.1 Å². The number of hydrogen-bond acceptors (Lipinski definition) is 3. The fraction of sp³-hybridized carbons (Fsp3) is 0.333. The van der Waals surface area contributed by atoms with Gasteiger partial charge in [0.05, 0.1) is 12.0 Å². The predicted octanol–water partition coefficient (Wildman–Crippen LogP) is 4.55. The summed E-state index contributed by atoms with van der Waals surface area (Å²) >= 11 is 0. The molecule has 1 aliphatic heterocycles. The zero-order valence-corrected chi connectivity index (χ0v) is 15.1. The molecule has 0 aromatic heterocycles. The Morgan fingerprint density at radius 1 is 1.24 bits per heavy atom. The van der Waals surface area contributed by atoms with Crippen molar-refractivity contribution in [2.24, 2.45) is 0 Å². The maximum Gasteiger partial charge on any atom is 0.255 e. The highest BCUT2D eigenvalue weighted by atomic mass is 16.5. The van der Waals surface area contributed by atoms with Crippen LogP contribution < -0.4 is 10.1 Å². The van der Waals surface area contributed by atoms with Crippen molar-refractivity contribution < 1.29 is 14.3 Å². The van der Waals surface area contributed by atoms with Crippen LogP contribution in [0.2, 0.25) is 0 Å². The summed E-state index contributed by atoms with van der Waals surface area (Å²) in [4.78, 5) is 25.1. The number of nitrogens with one attached hydrogen (secondary N) is 1. The Hall–Kier alpha value is -2.62. The summed E-state index contributed by atoms with van der Waals surface area (Å²) in [7, 11) is 0. The van der Waals surface area contributed by atoms with E-state index in [2.05, 4.69) is 12.2 Å². The molecule has 0 saturated carbocycles. The lowest BCUT2D eigenvalue weighted by atomic mass is 9.92. The van der Waals surface area contributed by atoms with Crippen LogP contribution in [-0.2, 0) is 6.42 Å². The van der Waals surface area contributed by atoms with Crippen LogP contribution in [0, 0.1) is 6.92 Å². The van der Waals surface area contributed by atoms with Gasteiger partial charge in [0.15, 0.2) is 5.78 Å². The second kappa shape index (κ2) is 6.36. The van der Waals surface area contributed by atoms with Gasteiger partial charge >= 0.3 is 0 Å². The van der Waals surface area contributed by atoms with Crippen molar-refractivity contribution in [3.63, 3.8) is 0 Å². The second-order valence-corrected chi connectivity index (χ2v) is 7.09.